The number of aromatic nitrogens is 1. The molecule has 0 spiro atoms. The van der Waals surface area contributed by atoms with Crippen LogP contribution in [0.4, 0.5) is 5.13 Å². The van der Waals surface area contributed by atoms with Gasteiger partial charge in [0.15, 0.2) is 5.13 Å². The lowest BCUT2D eigenvalue weighted by molar-refractivity contribution is -0.139. The van der Waals surface area contributed by atoms with Crippen LogP contribution in [0.2, 0.25) is 0 Å². The van der Waals surface area contributed by atoms with E-state index in [1.54, 1.807) is 18.4 Å². The molecule has 2 fully saturated rings. The fraction of sp³-hybridized carbons (Fsp3) is 0.556. The lowest BCUT2D eigenvalue weighted by Crippen LogP contribution is -2.56. The Labute approximate surface area is 146 Å². The summed E-state index contributed by atoms with van der Waals surface area (Å²) in [6.45, 7) is 4.68. The van der Waals surface area contributed by atoms with Crippen LogP contribution in [0.3, 0.4) is 0 Å². The van der Waals surface area contributed by atoms with E-state index >= 15 is 0 Å². The number of anilines is 1. The number of fused-ring (bicyclic) bond motifs is 1. The van der Waals surface area contributed by atoms with E-state index in [9.17, 15) is 4.79 Å². The van der Waals surface area contributed by atoms with Gasteiger partial charge >= 0.3 is 0 Å². The number of hydrogen-bond acceptors (Lipinski definition) is 5. The fourth-order valence-corrected chi connectivity index (χ4v) is 4.57. The second-order valence-electron chi connectivity index (χ2n) is 6.81. The first-order valence-electron chi connectivity index (χ1n) is 8.65. The van der Waals surface area contributed by atoms with Crippen LogP contribution < -0.4 is 9.64 Å². The predicted molar refractivity (Wildman–Crippen MR) is 96.9 cm³/mol. The summed E-state index contributed by atoms with van der Waals surface area (Å²) in [7, 11) is 1.67. The Bertz CT molecular complexity index is 754. The summed E-state index contributed by atoms with van der Waals surface area (Å²) in [5.41, 5.74) is 0.966. The highest BCUT2D eigenvalue weighted by Crippen LogP contribution is 2.35. The Morgan fingerprint density at radius 2 is 2.17 bits per heavy atom. The number of rotatable bonds is 3. The largest absolute Gasteiger partial charge is 0.497 e. The van der Waals surface area contributed by atoms with Gasteiger partial charge in [-0.25, -0.2) is 4.98 Å². The van der Waals surface area contributed by atoms with Crippen LogP contribution in [0.1, 0.15) is 26.2 Å². The van der Waals surface area contributed by atoms with Gasteiger partial charge in [0, 0.05) is 31.7 Å². The quantitative estimate of drug-likeness (QED) is 0.857. The highest BCUT2D eigenvalue weighted by Gasteiger charge is 2.38. The molecule has 3 heterocycles. The third-order valence-corrected chi connectivity index (χ3v) is 6.27. The summed E-state index contributed by atoms with van der Waals surface area (Å²) >= 11 is 1.68. The molecule has 6 heteroatoms. The summed E-state index contributed by atoms with van der Waals surface area (Å²) in [5.74, 6) is 1.29. The molecule has 2 aliphatic heterocycles. The standard InChI is InChI=1S/C18H23N3O2S/c1-12-5-3-4-8-21(12)17(22)13-10-20(11-13)18-19-15-9-14(23-2)6-7-16(15)24-18/h6-7,9,12-13H,3-5,8,10-11H2,1-2H3. The molecule has 24 heavy (non-hydrogen) atoms. The topological polar surface area (TPSA) is 45.7 Å². The third-order valence-electron chi connectivity index (χ3n) is 5.17. The van der Waals surface area contributed by atoms with Crippen molar-refractivity contribution in [2.75, 3.05) is 31.6 Å². The van der Waals surface area contributed by atoms with Gasteiger partial charge < -0.3 is 14.5 Å². The lowest BCUT2D eigenvalue weighted by atomic mass is 9.95. The van der Waals surface area contributed by atoms with Crippen molar-refractivity contribution in [3.05, 3.63) is 18.2 Å². The molecule has 2 aliphatic rings. The van der Waals surface area contributed by atoms with E-state index in [1.807, 2.05) is 18.2 Å². The van der Waals surface area contributed by atoms with Gasteiger partial charge in [0.05, 0.1) is 23.2 Å². The minimum Gasteiger partial charge on any atom is -0.497 e. The zero-order chi connectivity index (χ0) is 16.7. The van der Waals surface area contributed by atoms with Gasteiger partial charge in [-0.2, -0.15) is 0 Å². The van der Waals surface area contributed by atoms with Gasteiger partial charge in [0.25, 0.3) is 0 Å². The van der Waals surface area contributed by atoms with E-state index in [-0.39, 0.29) is 5.92 Å². The molecule has 1 aromatic carbocycles. The second-order valence-corrected chi connectivity index (χ2v) is 7.82. The van der Waals surface area contributed by atoms with Crippen molar-refractivity contribution in [3.63, 3.8) is 0 Å². The summed E-state index contributed by atoms with van der Waals surface area (Å²) < 4.78 is 6.42. The van der Waals surface area contributed by atoms with Gasteiger partial charge in [-0.1, -0.05) is 11.3 Å². The first-order chi connectivity index (χ1) is 11.7. The molecule has 0 N–H and O–H groups in total. The van der Waals surface area contributed by atoms with Crippen LogP contribution >= 0.6 is 11.3 Å². The molecule has 2 saturated heterocycles. The SMILES string of the molecule is COc1ccc2sc(N3CC(C(=O)N4CCCCC4C)C3)nc2c1. The van der Waals surface area contributed by atoms with E-state index in [1.165, 1.54) is 6.42 Å². The summed E-state index contributed by atoms with van der Waals surface area (Å²) in [5, 5.41) is 1.01. The maximum absolute atomic E-state index is 12.7. The van der Waals surface area contributed by atoms with Crippen molar-refractivity contribution in [3.8, 4) is 5.75 Å². The molecular weight excluding hydrogens is 322 g/mol. The monoisotopic (exact) mass is 345 g/mol. The summed E-state index contributed by atoms with van der Waals surface area (Å²) in [6.07, 6.45) is 3.53. The molecule has 0 radical (unpaired) electrons. The van der Waals surface area contributed by atoms with Crippen LogP contribution in [-0.2, 0) is 4.79 Å². The molecule has 1 amide bonds. The number of hydrogen-bond donors (Lipinski definition) is 0. The van der Waals surface area contributed by atoms with E-state index in [0.717, 1.165) is 53.6 Å². The Hall–Kier alpha value is -1.82. The van der Waals surface area contributed by atoms with Gasteiger partial charge in [0.2, 0.25) is 5.91 Å². The van der Waals surface area contributed by atoms with Crippen LogP contribution in [-0.4, -0.2) is 48.6 Å². The Morgan fingerprint density at radius 3 is 2.92 bits per heavy atom. The number of amides is 1. The molecule has 0 bridgehead atoms. The molecule has 128 valence electrons. The van der Waals surface area contributed by atoms with E-state index in [4.69, 9.17) is 9.72 Å². The van der Waals surface area contributed by atoms with E-state index < -0.39 is 0 Å². The predicted octanol–water partition coefficient (Wildman–Crippen LogP) is 3.14. The molecule has 0 aliphatic carbocycles. The molecule has 4 rings (SSSR count). The zero-order valence-electron chi connectivity index (χ0n) is 14.2. The number of carbonyl (C=O) groups is 1. The minimum atomic E-state index is 0.132. The fourth-order valence-electron chi connectivity index (χ4n) is 3.61. The second kappa shape index (κ2) is 6.24. The van der Waals surface area contributed by atoms with Crippen molar-refractivity contribution in [2.45, 2.75) is 32.2 Å². The van der Waals surface area contributed by atoms with E-state index in [0.29, 0.717) is 11.9 Å². The highest BCUT2D eigenvalue weighted by atomic mass is 32.1. The van der Waals surface area contributed by atoms with Crippen LogP contribution in [0.15, 0.2) is 18.2 Å². The average molecular weight is 345 g/mol. The number of carbonyl (C=O) groups excluding carboxylic acids is 1. The molecule has 1 aromatic heterocycles. The van der Waals surface area contributed by atoms with Crippen molar-refractivity contribution < 1.29 is 9.53 Å². The molecule has 5 nitrogen and oxygen atoms in total. The van der Waals surface area contributed by atoms with Crippen LogP contribution in [0, 0.1) is 5.92 Å². The van der Waals surface area contributed by atoms with Crippen molar-refractivity contribution in [1.29, 1.82) is 0 Å². The summed E-state index contributed by atoms with van der Waals surface area (Å²) in [6, 6.07) is 6.38. The minimum absolute atomic E-state index is 0.132. The molecular formula is C18H23N3O2S. The number of nitrogens with zero attached hydrogens (tertiary/aromatic N) is 3. The summed E-state index contributed by atoms with van der Waals surface area (Å²) in [4.78, 5) is 21.7. The number of likely N-dealkylation sites (tertiary alicyclic amines) is 1. The van der Waals surface area contributed by atoms with Crippen LogP contribution in [0.25, 0.3) is 10.2 Å². The van der Waals surface area contributed by atoms with Gasteiger partial charge in [-0.05, 0) is 38.3 Å². The first kappa shape index (κ1) is 15.7. The van der Waals surface area contributed by atoms with Crippen molar-refractivity contribution in [2.24, 2.45) is 5.92 Å². The van der Waals surface area contributed by atoms with Crippen molar-refractivity contribution >= 4 is 32.6 Å². The number of benzene rings is 1. The lowest BCUT2D eigenvalue weighted by Gasteiger charge is -2.43. The molecule has 1 unspecified atom stereocenters. The van der Waals surface area contributed by atoms with Gasteiger partial charge in [-0.15, -0.1) is 0 Å². The average Bonchev–Trinajstić information content (AvgIpc) is 2.96. The maximum atomic E-state index is 12.7. The molecule has 1 atom stereocenters. The number of piperidine rings is 1. The van der Waals surface area contributed by atoms with Gasteiger partial charge in [0.1, 0.15) is 5.75 Å². The Balaban J connectivity index is 1.42. The third kappa shape index (κ3) is 2.73. The smallest absolute Gasteiger partial charge is 0.229 e. The first-order valence-corrected chi connectivity index (χ1v) is 9.47. The van der Waals surface area contributed by atoms with Crippen LogP contribution in [0.5, 0.6) is 5.75 Å². The highest BCUT2D eigenvalue weighted by molar-refractivity contribution is 7.22. The Kier molecular flexibility index (Phi) is 4.08. The van der Waals surface area contributed by atoms with Crippen molar-refractivity contribution in [1.82, 2.24) is 9.88 Å². The number of thiazole rings is 1. The maximum Gasteiger partial charge on any atom is 0.229 e. The van der Waals surface area contributed by atoms with Gasteiger partial charge in [-0.3, -0.25) is 4.79 Å². The molecule has 2 aromatic rings. The zero-order valence-corrected chi connectivity index (χ0v) is 15.0. The number of ether oxygens (including phenoxy) is 1. The molecule has 0 saturated carbocycles. The number of methoxy groups -OCH3 is 1. The van der Waals surface area contributed by atoms with E-state index in [2.05, 4.69) is 16.7 Å². The normalized spacial score (nSPS) is 21.8. The Morgan fingerprint density at radius 1 is 1.33 bits per heavy atom.